The molecule has 1 saturated carbocycles. The molecule has 0 bridgehead atoms. The molecule has 1 aliphatic carbocycles. The van der Waals surface area contributed by atoms with Crippen molar-refractivity contribution in [3.8, 4) is 0 Å². The van der Waals surface area contributed by atoms with Crippen LogP contribution in [0.1, 0.15) is 36.6 Å². The highest BCUT2D eigenvalue weighted by molar-refractivity contribution is 5.22. The fraction of sp³-hybridized carbons (Fsp3) is 0.667. The zero-order chi connectivity index (χ0) is 8.84. The Balaban J connectivity index is 2.09. The Kier molecular flexibility index (Phi) is 1.41. The molecule has 4 heteroatoms. The monoisotopic (exact) mass is 179 g/mol. The van der Waals surface area contributed by atoms with Gasteiger partial charge in [-0.05, 0) is 19.3 Å². The average Bonchev–Trinajstić information content (AvgIpc) is 2.53. The molecule has 1 fully saturated rings. The number of nitrogens with zero attached hydrogens (tertiary/aromatic N) is 1. The van der Waals surface area contributed by atoms with Crippen LogP contribution in [0.25, 0.3) is 0 Å². The molecular weight excluding hydrogens is 166 g/mol. The average molecular weight is 179 g/mol. The summed E-state index contributed by atoms with van der Waals surface area (Å²) in [5.41, 5.74) is 2.24. The second kappa shape index (κ2) is 2.48. The van der Waals surface area contributed by atoms with Crippen molar-refractivity contribution in [2.45, 2.75) is 38.4 Å². The van der Waals surface area contributed by atoms with Gasteiger partial charge in [-0.15, -0.1) is 0 Å². The number of nitrogens with one attached hydrogen (secondary N) is 2. The first kappa shape index (κ1) is 7.38. The van der Waals surface area contributed by atoms with Gasteiger partial charge in [-0.2, -0.15) is 0 Å². The molecule has 0 radical (unpaired) electrons. The number of hydrogen-bond donors (Lipinski definition) is 2. The molecular formula is C9H13N3O. The number of aromatic amines is 1. The van der Waals surface area contributed by atoms with E-state index in [0.717, 1.165) is 18.7 Å². The van der Waals surface area contributed by atoms with Crippen LogP contribution in [0.4, 0.5) is 0 Å². The standard InChI is InChI=1S/C9H13N3O/c13-9-7-4-10-5-8(7)12(11-9)6-2-1-3-6/h6,10H,1-5H2,(H,11,13). The lowest BCUT2D eigenvalue weighted by atomic mass is 9.93. The van der Waals surface area contributed by atoms with Crippen molar-refractivity contribution in [1.29, 1.82) is 0 Å². The third-order valence-electron chi connectivity index (χ3n) is 3.17. The van der Waals surface area contributed by atoms with E-state index < -0.39 is 0 Å². The van der Waals surface area contributed by atoms with Crippen LogP contribution >= 0.6 is 0 Å². The number of fused-ring (bicyclic) bond motifs is 1. The maximum absolute atomic E-state index is 11.5. The molecule has 0 spiro atoms. The Morgan fingerprint density at radius 1 is 1.31 bits per heavy atom. The third-order valence-corrected chi connectivity index (χ3v) is 3.17. The van der Waals surface area contributed by atoms with Crippen LogP contribution in [-0.2, 0) is 13.1 Å². The first-order valence-electron chi connectivity index (χ1n) is 4.89. The third kappa shape index (κ3) is 0.920. The van der Waals surface area contributed by atoms with E-state index in [4.69, 9.17) is 0 Å². The number of H-pyrrole nitrogens is 1. The molecule has 0 unspecified atom stereocenters. The zero-order valence-corrected chi connectivity index (χ0v) is 7.47. The van der Waals surface area contributed by atoms with E-state index >= 15 is 0 Å². The van der Waals surface area contributed by atoms with Crippen molar-refractivity contribution in [2.75, 3.05) is 0 Å². The number of aromatic nitrogens is 2. The molecule has 13 heavy (non-hydrogen) atoms. The lowest BCUT2D eigenvalue weighted by Crippen LogP contribution is -2.23. The lowest BCUT2D eigenvalue weighted by Gasteiger charge is -2.27. The first-order chi connectivity index (χ1) is 6.36. The molecule has 2 heterocycles. The highest BCUT2D eigenvalue weighted by atomic mass is 16.1. The van der Waals surface area contributed by atoms with Crippen LogP contribution in [0.15, 0.2) is 4.79 Å². The molecule has 3 rings (SSSR count). The molecule has 1 aliphatic heterocycles. The van der Waals surface area contributed by atoms with Crippen LogP contribution in [0, 0.1) is 0 Å². The lowest BCUT2D eigenvalue weighted by molar-refractivity contribution is 0.281. The van der Waals surface area contributed by atoms with Gasteiger partial charge in [0.2, 0.25) is 0 Å². The Morgan fingerprint density at radius 2 is 2.15 bits per heavy atom. The summed E-state index contributed by atoms with van der Waals surface area (Å²) >= 11 is 0. The largest absolute Gasteiger partial charge is 0.307 e. The van der Waals surface area contributed by atoms with Crippen LogP contribution in [0.3, 0.4) is 0 Å². The van der Waals surface area contributed by atoms with Crippen molar-refractivity contribution in [3.63, 3.8) is 0 Å². The Morgan fingerprint density at radius 3 is 2.85 bits per heavy atom. The molecule has 1 aromatic rings. The van der Waals surface area contributed by atoms with Crippen LogP contribution in [-0.4, -0.2) is 9.78 Å². The molecule has 2 aliphatic rings. The fourth-order valence-electron chi connectivity index (χ4n) is 2.16. The highest BCUT2D eigenvalue weighted by Crippen LogP contribution is 2.32. The van der Waals surface area contributed by atoms with Gasteiger partial charge in [0.25, 0.3) is 5.56 Å². The molecule has 1 aromatic heterocycles. The van der Waals surface area contributed by atoms with Crippen molar-refractivity contribution in [2.24, 2.45) is 0 Å². The predicted molar refractivity (Wildman–Crippen MR) is 48.5 cm³/mol. The second-order valence-corrected chi connectivity index (χ2v) is 3.92. The summed E-state index contributed by atoms with van der Waals surface area (Å²) in [5.74, 6) is 0. The molecule has 4 nitrogen and oxygen atoms in total. The molecule has 0 atom stereocenters. The minimum atomic E-state index is 0.104. The highest BCUT2D eigenvalue weighted by Gasteiger charge is 2.27. The number of rotatable bonds is 1. The Bertz CT molecular complexity index is 386. The van der Waals surface area contributed by atoms with Crippen molar-refractivity contribution in [3.05, 3.63) is 21.6 Å². The zero-order valence-electron chi connectivity index (χ0n) is 7.47. The van der Waals surface area contributed by atoms with Crippen LogP contribution in [0.2, 0.25) is 0 Å². The topological polar surface area (TPSA) is 49.8 Å². The summed E-state index contributed by atoms with van der Waals surface area (Å²) in [4.78, 5) is 11.5. The van der Waals surface area contributed by atoms with E-state index in [1.54, 1.807) is 0 Å². The van der Waals surface area contributed by atoms with Gasteiger partial charge < -0.3 is 5.32 Å². The molecule has 0 saturated heterocycles. The molecule has 0 amide bonds. The predicted octanol–water partition coefficient (Wildman–Crippen LogP) is 0.505. The Hall–Kier alpha value is -1.03. The molecule has 2 N–H and O–H groups in total. The summed E-state index contributed by atoms with van der Waals surface area (Å²) in [6, 6.07) is 0.566. The van der Waals surface area contributed by atoms with Gasteiger partial charge >= 0.3 is 0 Å². The van der Waals surface area contributed by atoms with E-state index in [1.165, 1.54) is 25.0 Å². The SMILES string of the molecule is O=c1[nH]n(C2CCC2)c2c1CNC2. The summed E-state index contributed by atoms with van der Waals surface area (Å²) < 4.78 is 2.08. The van der Waals surface area contributed by atoms with Gasteiger partial charge in [-0.3, -0.25) is 14.6 Å². The van der Waals surface area contributed by atoms with Gasteiger partial charge in [-0.1, -0.05) is 0 Å². The normalized spacial score (nSPS) is 21.5. The van der Waals surface area contributed by atoms with Crippen LogP contribution < -0.4 is 10.9 Å². The quantitative estimate of drug-likeness (QED) is 0.659. The van der Waals surface area contributed by atoms with Crippen molar-refractivity contribution >= 4 is 0 Å². The molecule has 0 aromatic carbocycles. The minimum Gasteiger partial charge on any atom is -0.307 e. The van der Waals surface area contributed by atoms with E-state index in [9.17, 15) is 4.79 Å². The Labute approximate surface area is 75.9 Å². The fourth-order valence-corrected chi connectivity index (χ4v) is 2.16. The first-order valence-corrected chi connectivity index (χ1v) is 4.89. The van der Waals surface area contributed by atoms with Gasteiger partial charge in [-0.25, -0.2) is 0 Å². The smallest absolute Gasteiger partial charge is 0.268 e. The van der Waals surface area contributed by atoms with Gasteiger partial charge in [0, 0.05) is 13.1 Å². The van der Waals surface area contributed by atoms with E-state index in [0.29, 0.717) is 6.04 Å². The van der Waals surface area contributed by atoms with Crippen LogP contribution in [0.5, 0.6) is 0 Å². The van der Waals surface area contributed by atoms with E-state index in [-0.39, 0.29) is 5.56 Å². The summed E-state index contributed by atoms with van der Waals surface area (Å²) in [6.07, 6.45) is 3.74. The number of hydrogen-bond acceptors (Lipinski definition) is 2. The minimum absolute atomic E-state index is 0.104. The van der Waals surface area contributed by atoms with Crippen molar-refractivity contribution in [1.82, 2.24) is 15.1 Å². The maximum Gasteiger partial charge on any atom is 0.268 e. The van der Waals surface area contributed by atoms with Gasteiger partial charge in [0.15, 0.2) is 0 Å². The summed E-state index contributed by atoms with van der Waals surface area (Å²) in [5, 5.41) is 6.15. The summed E-state index contributed by atoms with van der Waals surface area (Å²) in [6.45, 7) is 1.59. The van der Waals surface area contributed by atoms with Gasteiger partial charge in [0.05, 0.1) is 17.3 Å². The van der Waals surface area contributed by atoms with E-state index in [1.807, 2.05) is 0 Å². The molecule has 70 valence electrons. The maximum atomic E-state index is 11.5. The van der Waals surface area contributed by atoms with E-state index in [2.05, 4.69) is 15.1 Å². The second-order valence-electron chi connectivity index (χ2n) is 3.92. The van der Waals surface area contributed by atoms with Crippen molar-refractivity contribution < 1.29 is 0 Å². The summed E-state index contributed by atoms with van der Waals surface area (Å²) in [7, 11) is 0. The van der Waals surface area contributed by atoms with Gasteiger partial charge in [0.1, 0.15) is 0 Å².